The summed E-state index contributed by atoms with van der Waals surface area (Å²) in [4.78, 5) is 51.8. The monoisotopic (exact) mass is 541 g/mol. The molecule has 0 aromatic carbocycles. The minimum Gasteiger partial charge on any atom is -0.543 e. The molecule has 3 N–H and O–H groups in total. The van der Waals surface area contributed by atoms with Crippen LogP contribution in [0.4, 0.5) is 5.13 Å². The molecule has 1 saturated heterocycles. The van der Waals surface area contributed by atoms with Crippen LogP contribution in [-0.2, 0) is 25.8 Å². The number of nitrogens with zero attached hydrogens (tertiary/aromatic N) is 5. The van der Waals surface area contributed by atoms with Gasteiger partial charge in [-0.25, -0.2) is 14.5 Å². The molecule has 13 nitrogen and oxygen atoms in total. The van der Waals surface area contributed by atoms with Gasteiger partial charge >= 0.3 is 0 Å². The molecule has 0 unspecified atom stereocenters. The number of carbonyl (C=O) groups excluding carboxylic acids is 3. The van der Waals surface area contributed by atoms with Crippen LogP contribution in [0.1, 0.15) is 5.69 Å². The minimum absolute atomic E-state index is 0.151. The molecule has 15 heteroatoms. The third kappa shape index (κ3) is 4.65. The molecule has 0 saturated carbocycles. The molecule has 5 rings (SSSR count). The second kappa shape index (κ2) is 10.0. The van der Waals surface area contributed by atoms with Gasteiger partial charge in [0.15, 0.2) is 41.9 Å². The normalized spacial score (nSPS) is 19.3. The number of fused-ring (bicyclic) bond motifs is 1. The fraction of sp³-hybridized carbons (Fsp3) is 0.227. The number of oxazole rings is 1. The Bertz CT molecular complexity index is 1430. The van der Waals surface area contributed by atoms with E-state index in [0.717, 1.165) is 21.8 Å². The maximum atomic E-state index is 13.0. The van der Waals surface area contributed by atoms with Crippen LogP contribution in [-0.4, -0.2) is 62.6 Å². The number of nitrogens with two attached hydrogens (primary N) is 1. The van der Waals surface area contributed by atoms with Crippen LogP contribution in [0.3, 0.4) is 0 Å². The number of aliphatic carboxylic acids is 1. The zero-order valence-corrected chi connectivity index (χ0v) is 20.8. The largest absolute Gasteiger partial charge is 0.543 e. The predicted octanol–water partition coefficient (Wildman–Crippen LogP) is -0.878. The first-order valence-electron chi connectivity index (χ1n) is 10.8. The number of carbonyl (C=O) groups is 3. The summed E-state index contributed by atoms with van der Waals surface area (Å²) in [6.45, 7) is 0.210. The summed E-state index contributed by atoms with van der Waals surface area (Å²) in [5.41, 5.74) is 6.75. The van der Waals surface area contributed by atoms with Crippen molar-refractivity contribution in [3.63, 3.8) is 0 Å². The average molecular weight is 542 g/mol. The Morgan fingerprint density at radius 3 is 2.97 bits per heavy atom. The van der Waals surface area contributed by atoms with Gasteiger partial charge in [-0.3, -0.25) is 14.5 Å². The molecule has 5 heterocycles. The highest BCUT2D eigenvalue weighted by Gasteiger charge is 2.53. The highest BCUT2D eigenvalue weighted by Crippen LogP contribution is 2.40. The zero-order valence-electron chi connectivity index (χ0n) is 19.2. The van der Waals surface area contributed by atoms with E-state index < -0.39 is 29.2 Å². The van der Waals surface area contributed by atoms with Gasteiger partial charge in [0.2, 0.25) is 0 Å². The van der Waals surface area contributed by atoms with E-state index in [9.17, 15) is 19.5 Å². The Morgan fingerprint density at radius 2 is 2.30 bits per heavy atom. The molecule has 0 spiro atoms. The average Bonchev–Trinajstić information content (AvgIpc) is 3.57. The van der Waals surface area contributed by atoms with E-state index in [-0.39, 0.29) is 28.8 Å². The third-order valence-electron chi connectivity index (χ3n) is 5.64. The van der Waals surface area contributed by atoms with Gasteiger partial charge in [0.05, 0.1) is 23.4 Å². The summed E-state index contributed by atoms with van der Waals surface area (Å²) in [6.07, 6.45) is 6.47. The predicted molar refractivity (Wildman–Crippen MR) is 129 cm³/mol. The number of nitrogens with one attached hydrogen (secondary N) is 1. The van der Waals surface area contributed by atoms with Crippen LogP contribution in [0.2, 0.25) is 0 Å². The SMILES string of the molecule is CON=C(C(=O)N[C@@H]1C(=O)N2C(C(=O)[O-])=C(C[n+]3cccc(-c4cnco4)c3)CS[C@@H]12)c1csc(N)n1. The molecule has 3 aromatic rings. The van der Waals surface area contributed by atoms with Gasteiger partial charge in [-0.1, -0.05) is 5.16 Å². The fourth-order valence-corrected chi connectivity index (χ4v) is 5.92. The van der Waals surface area contributed by atoms with Gasteiger partial charge in [-0.15, -0.1) is 23.1 Å². The van der Waals surface area contributed by atoms with Gasteiger partial charge in [0.1, 0.15) is 24.2 Å². The van der Waals surface area contributed by atoms with Gasteiger partial charge in [0, 0.05) is 22.8 Å². The number of thioether (sulfide) groups is 1. The number of hydrogen-bond donors (Lipinski definition) is 2. The van der Waals surface area contributed by atoms with Crippen LogP contribution in [0.25, 0.3) is 11.3 Å². The Hall–Kier alpha value is -4.24. The first kappa shape index (κ1) is 24.5. The lowest BCUT2D eigenvalue weighted by molar-refractivity contribution is -0.688. The van der Waals surface area contributed by atoms with E-state index in [0.29, 0.717) is 17.1 Å². The quantitative estimate of drug-likeness (QED) is 0.157. The van der Waals surface area contributed by atoms with Crippen LogP contribution < -0.4 is 20.7 Å². The molecule has 0 bridgehead atoms. The number of carboxylic acid groups (broad SMARTS) is 1. The topological polar surface area (TPSA) is 180 Å². The van der Waals surface area contributed by atoms with E-state index in [1.807, 2.05) is 6.07 Å². The summed E-state index contributed by atoms with van der Waals surface area (Å²) in [6, 6.07) is 2.67. The van der Waals surface area contributed by atoms with Crippen molar-refractivity contribution in [2.45, 2.75) is 18.0 Å². The molecule has 2 aliphatic heterocycles. The Morgan fingerprint density at radius 1 is 1.46 bits per heavy atom. The number of pyridine rings is 1. The lowest BCUT2D eigenvalue weighted by atomic mass is 10.0. The maximum absolute atomic E-state index is 13.0. The van der Waals surface area contributed by atoms with E-state index in [2.05, 4.69) is 20.4 Å². The van der Waals surface area contributed by atoms with Gasteiger partial charge in [-0.2, -0.15) is 0 Å². The van der Waals surface area contributed by atoms with E-state index in [1.54, 1.807) is 29.2 Å². The summed E-state index contributed by atoms with van der Waals surface area (Å²) in [5, 5.41) is 19.6. The lowest BCUT2D eigenvalue weighted by Crippen LogP contribution is -2.71. The maximum Gasteiger partial charge on any atom is 0.276 e. The second-order valence-corrected chi connectivity index (χ2v) is 9.92. The third-order valence-corrected chi connectivity index (χ3v) is 7.65. The number of nitrogen functional groups attached to an aromatic ring is 1. The van der Waals surface area contributed by atoms with Gasteiger partial charge in [0.25, 0.3) is 11.8 Å². The molecule has 2 aliphatic rings. The van der Waals surface area contributed by atoms with Crippen molar-refractivity contribution in [2.24, 2.45) is 5.16 Å². The van der Waals surface area contributed by atoms with Crippen molar-refractivity contribution < 1.29 is 33.3 Å². The minimum atomic E-state index is -1.47. The van der Waals surface area contributed by atoms with Crippen LogP contribution in [0.15, 0.2) is 63.3 Å². The number of β-lactam (4-membered cyclic amide) rings is 1. The number of aromatic nitrogens is 3. The molecular weight excluding hydrogens is 522 g/mol. The molecule has 37 heavy (non-hydrogen) atoms. The smallest absolute Gasteiger partial charge is 0.276 e. The zero-order chi connectivity index (χ0) is 26.1. The number of hydrogen-bond acceptors (Lipinski definition) is 12. The molecule has 0 aliphatic carbocycles. The molecule has 2 atom stereocenters. The highest BCUT2D eigenvalue weighted by atomic mass is 32.2. The van der Waals surface area contributed by atoms with Crippen LogP contribution >= 0.6 is 23.1 Å². The molecule has 1 fully saturated rings. The fourth-order valence-electron chi connectivity index (χ4n) is 4.04. The van der Waals surface area contributed by atoms with E-state index >= 15 is 0 Å². The number of rotatable bonds is 8. The molecular formula is C22H19N7O6S2. The molecule has 3 aromatic heterocycles. The van der Waals surface area contributed by atoms with Crippen molar-refractivity contribution in [2.75, 3.05) is 18.6 Å². The van der Waals surface area contributed by atoms with Crippen molar-refractivity contribution in [1.29, 1.82) is 0 Å². The first-order chi connectivity index (χ1) is 17.9. The van der Waals surface area contributed by atoms with Crippen molar-refractivity contribution in [1.82, 2.24) is 20.2 Å². The van der Waals surface area contributed by atoms with E-state index in [1.165, 1.54) is 30.6 Å². The first-order valence-corrected chi connectivity index (χ1v) is 12.7. The number of amides is 2. The van der Waals surface area contributed by atoms with Gasteiger partial charge in [-0.05, 0) is 6.07 Å². The summed E-state index contributed by atoms with van der Waals surface area (Å²) in [7, 11) is 1.27. The number of oxime groups is 1. The highest BCUT2D eigenvalue weighted by molar-refractivity contribution is 8.00. The van der Waals surface area contributed by atoms with Crippen molar-refractivity contribution in [3.05, 3.63) is 59.5 Å². The standard InChI is InChI=1S/C22H19N7O6S2/c1-34-27-15(13-9-37-22(23)25-13)18(30)26-16-19(31)29-17(21(32)33)12(8-36-20(16)29)7-28-4-2-3-11(6-28)14-5-24-10-35-14/h2-6,9-10,16,20H,7-8H2,1H3,(H3-,23,25,26,30,32,33)/t16-,20+/m1/s1. The van der Waals surface area contributed by atoms with E-state index in [4.69, 9.17) is 15.0 Å². The van der Waals surface area contributed by atoms with Crippen molar-refractivity contribution >= 4 is 51.7 Å². The Labute approximate surface area is 217 Å². The number of thiazole rings is 1. The summed E-state index contributed by atoms with van der Waals surface area (Å²) in [5.74, 6) is -1.86. The summed E-state index contributed by atoms with van der Waals surface area (Å²) >= 11 is 2.46. The number of carboxylic acids is 1. The molecule has 190 valence electrons. The Balaban J connectivity index is 1.35. The van der Waals surface area contributed by atoms with Gasteiger partial charge < -0.3 is 30.2 Å². The summed E-state index contributed by atoms with van der Waals surface area (Å²) < 4.78 is 7.11. The lowest BCUT2D eigenvalue weighted by Gasteiger charge is -2.50. The molecule has 2 amide bonds. The molecule has 0 radical (unpaired) electrons. The van der Waals surface area contributed by atoms with Crippen molar-refractivity contribution in [3.8, 4) is 11.3 Å². The van der Waals surface area contributed by atoms with Crippen LogP contribution in [0, 0.1) is 0 Å². The van der Waals surface area contributed by atoms with Crippen LogP contribution in [0.5, 0.6) is 0 Å². The number of anilines is 1. The second-order valence-electron chi connectivity index (χ2n) is 7.92. The Kier molecular flexibility index (Phi) is 6.62.